The van der Waals surface area contributed by atoms with Crippen molar-refractivity contribution in [2.75, 3.05) is 0 Å². The van der Waals surface area contributed by atoms with Crippen molar-refractivity contribution in [3.63, 3.8) is 0 Å². The molecule has 118 valence electrons. The first-order chi connectivity index (χ1) is 9.88. The van der Waals surface area contributed by atoms with E-state index in [4.69, 9.17) is 10.5 Å². The molecule has 21 heavy (non-hydrogen) atoms. The fourth-order valence-corrected chi connectivity index (χ4v) is 3.40. The van der Waals surface area contributed by atoms with Gasteiger partial charge in [-0.05, 0) is 55.7 Å². The lowest BCUT2D eigenvalue weighted by atomic mass is 9.75. The smallest absolute Gasteiger partial charge is 0.124 e. The van der Waals surface area contributed by atoms with Gasteiger partial charge >= 0.3 is 0 Å². The van der Waals surface area contributed by atoms with E-state index in [1.807, 2.05) is 6.92 Å². The van der Waals surface area contributed by atoms with E-state index in [9.17, 15) is 4.39 Å². The lowest BCUT2D eigenvalue weighted by Gasteiger charge is -2.37. The van der Waals surface area contributed by atoms with Gasteiger partial charge in [-0.3, -0.25) is 0 Å². The number of rotatable bonds is 4. The molecule has 0 aliphatic heterocycles. The Labute approximate surface area is 127 Å². The molecule has 1 fully saturated rings. The van der Waals surface area contributed by atoms with Crippen LogP contribution in [0.1, 0.15) is 58.6 Å². The Bertz CT molecular complexity index is 472. The van der Waals surface area contributed by atoms with E-state index in [0.717, 1.165) is 17.7 Å². The number of ether oxygens (including phenoxy) is 1. The van der Waals surface area contributed by atoms with Crippen molar-refractivity contribution in [2.45, 2.75) is 59.1 Å². The zero-order valence-electron chi connectivity index (χ0n) is 13.6. The third-order valence-electron chi connectivity index (χ3n) is 4.70. The van der Waals surface area contributed by atoms with E-state index >= 15 is 0 Å². The molecule has 2 N–H and O–H groups in total. The van der Waals surface area contributed by atoms with E-state index < -0.39 is 0 Å². The SMILES string of the molecule is CC1CCC(C(C)C)C(Oc2ccc(F)cc2[C@H](C)N)C1. The van der Waals surface area contributed by atoms with Gasteiger partial charge in [0.2, 0.25) is 0 Å². The second-order valence-electron chi connectivity index (χ2n) is 6.95. The van der Waals surface area contributed by atoms with Gasteiger partial charge in [0.15, 0.2) is 0 Å². The first-order valence-corrected chi connectivity index (χ1v) is 8.10. The maximum absolute atomic E-state index is 13.4. The quantitative estimate of drug-likeness (QED) is 0.874. The molecular weight excluding hydrogens is 265 g/mol. The monoisotopic (exact) mass is 293 g/mol. The highest BCUT2D eigenvalue weighted by Gasteiger charge is 2.32. The van der Waals surface area contributed by atoms with Crippen molar-refractivity contribution in [2.24, 2.45) is 23.5 Å². The predicted molar refractivity (Wildman–Crippen MR) is 84.8 cm³/mol. The van der Waals surface area contributed by atoms with Crippen LogP contribution in [0.3, 0.4) is 0 Å². The molecule has 4 atom stereocenters. The molecule has 1 aliphatic carbocycles. The molecular formula is C18H28FNO. The van der Waals surface area contributed by atoms with Gasteiger partial charge in [0.05, 0.1) is 0 Å². The zero-order valence-corrected chi connectivity index (χ0v) is 13.6. The minimum Gasteiger partial charge on any atom is -0.490 e. The summed E-state index contributed by atoms with van der Waals surface area (Å²) in [5.74, 6) is 2.33. The lowest BCUT2D eigenvalue weighted by Crippen LogP contribution is -2.36. The summed E-state index contributed by atoms with van der Waals surface area (Å²) < 4.78 is 19.7. The van der Waals surface area contributed by atoms with Gasteiger partial charge in [-0.2, -0.15) is 0 Å². The van der Waals surface area contributed by atoms with Crippen molar-refractivity contribution in [3.8, 4) is 5.75 Å². The molecule has 2 rings (SSSR count). The number of nitrogens with two attached hydrogens (primary N) is 1. The zero-order chi connectivity index (χ0) is 15.6. The van der Waals surface area contributed by atoms with Crippen LogP contribution in [0.5, 0.6) is 5.75 Å². The maximum Gasteiger partial charge on any atom is 0.124 e. The molecule has 3 unspecified atom stereocenters. The predicted octanol–water partition coefficient (Wildman–Crippen LogP) is 4.69. The molecule has 1 saturated carbocycles. The van der Waals surface area contributed by atoms with Gasteiger partial charge < -0.3 is 10.5 Å². The van der Waals surface area contributed by atoms with Crippen molar-refractivity contribution in [1.29, 1.82) is 0 Å². The van der Waals surface area contributed by atoms with Gasteiger partial charge in [0.1, 0.15) is 17.7 Å². The molecule has 1 aromatic carbocycles. The molecule has 0 heterocycles. The summed E-state index contributed by atoms with van der Waals surface area (Å²) in [5.41, 5.74) is 6.72. The van der Waals surface area contributed by atoms with Crippen LogP contribution < -0.4 is 10.5 Å². The summed E-state index contributed by atoms with van der Waals surface area (Å²) >= 11 is 0. The van der Waals surface area contributed by atoms with Crippen molar-refractivity contribution < 1.29 is 9.13 Å². The number of benzene rings is 1. The van der Waals surface area contributed by atoms with Crippen LogP contribution in [0, 0.1) is 23.6 Å². The van der Waals surface area contributed by atoms with Crippen LogP contribution >= 0.6 is 0 Å². The van der Waals surface area contributed by atoms with Crippen molar-refractivity contribution in [1.82, 2.24) is 0 Å². The van der Waals surface area contributed by atoms with Crippen LogP contribution in [0.25, 0.3) is 0 Å². The topological polar surface area (TPSA) is 35.2 Å². The summed E-state index contributed by atoms with van der Waals surface area (Å²) in [6.07, 6.45) is 3.75. The summed E-state index contributed by atoms with van der Waals surface area (Å²) in [6, 6.07) is 4.45. The van der Waals surface area contributed by atoms with Gasteiger partial charge in [-0.1, -0.05) is 27.2 Å². The molecule has 0 spiro atoms. The third-order valence-corrected chi connectivity index (χ3v) is 4.70. The second-order valence-corrected chi connectivity index (χ2v) is 6.95. The highest BCUT2D eigenvalue weighted by Crippen LogP contribution is 2.37. The Balaban J connectivity index is 2.22. The molecule has 0 radical (unpaired) electrons. The van der Waals surface area contributed by atoms with Crippen LogP contribution in [-0.2, 0) is 0 Å². The first kappa shape index (κ1) is 16.3. The van der Waals surface area contributed by atoms with Crippen LogP contribution in [0.4, 0.5) is 4.39 Å². The molecule has 1 aromatic rings. The summed E-state index contributed by atoms with van der Waals surface area (Å²) in [4.78, 5) is 0. The molecule has 0 aromatic heterocycles. The summed E-state index contributed by atoms with van der Waals surface area (Å²) in [5, 5.41) is 0. The fraction of sp³-hybridized carbons (Fsp3) is 0.667. The Morgan fingerprint density at radius 2 is 1.95 bits per heavy atom. The minimum atomic E-state index is -0.257. The largest absolute Gasteiger partial charge is 0.490 e. The van der Waals surface area contributed by atoms with E-state index in [1.54, 1.807) is 6.07 Å². The average molecular weight is 293 g/mol. The average Bonchev–Trinajstić information content (AvgIpc) is 2.40. The number of hydrogen-bond acceptors (Lipinski definition) is 2. The van der Waals surface area contributed by atoms with Gasteiger partial charge in [-0.15, -0.1) is 0 Å². The standard InChI is InChI=1S/C18H28FNO/c1-11(2)15-7-5-12(3)9-18(15)21-17-8-6-14(19)10-16(17)13(4)20/h6,8,10-13,15,18H,5,7,9,20H2,1-4H3/t12?,13-,15?,18?/m0/s1. The van der Waals surface area contributed by atoms with E-state index in [0.29, 0.717) is 17.8 Å². The summed E-state index contributed by atoms with van der Waals surface area (Å²) in [7, 11) is 0. The van der Waals surface area contributed by atoms with Gasteiger partial charge in [-0.25, -0.2) is 4.39 Å². The summed E-state index contributed by atoms with van der Waals surface area (Å²) in [6.45, 7) is 8.66. The Morgan fingerprint density at radius 1 is 1.24 bits per heavy atom. The van der Waals surface area contributed by atoms with E-state index in [1.165, 1.54) is 25.0 Å². The normalized spacial score (nSPS) is 27.7. The Hall–Kier alpha value is -1.09. The van der Waals surface area contributed by atoms with E-state index in [2.05, 4.69) is 20.8 Å². The molecule has 0 bridgehead atoms. The second kappa shape index (κ2) is 6.78. The molecule has 0 saturated heterocycles. The molecule has 0 amide bonds. The first-order valence-electron chi connectivity index (χ1n) is 8.10. The number of hydrogen-bond donors (Lipinski definition) is 1. The van der Waals surface area contributed by atoms with Gasteiger partial charge in [0, 0.05) is 11.6 Å². The van der Waals surface area contributed by atoms with Crippen molar-refractivity contribution in [3.05, 3.63) is 29.6 Å². The third kappa shape index (κ3) is 3.97. The highest BCUT2D eigenvalue weighted by molar-refractivity contribution is 5.36. The Morgan fingerprint density at radius 3 is 2.57 bits per heavy atom. The van der Waals surface area contributed by atoms with Crippen LogP contribution in [0.15, 0.2) is 18.2 Å². The fourth-order valence-electron chi connectivity index (χ4n) is 3.40. The molecule has 2 nitrogen and oxygen atoms in total. The van der Waals surface area contributed by atoms with Gasteiger partial charge in [0.25, 0.3) is 0 Å². The highest BCUT2D eigenvalue weighted by atomic mass is 19.1. The van der Waals surface area contributed by atoms with Crippen molar-refractivity contribution >= 4 is 0 Å². The van der Waals surface area contributed by atoms with E-state index in [-0.39, 0.29) is 18.0 Å². The molecule has 3 heteroatoms. The number of halogens is 1. The van der Waals surface area contributed by atoms with Crippen LogP contribution in [0.2, 0.25) is 0 Å². The maximum atomic E-state index is 13.4. The molecule has 1 aliphatic rings. The lowest BCUT2D eigenvalue weighted by molar-refractivity contribution is 0.0450. The minimum absolute atomic E-state index is 0.205. The van der Waals surface area contributed by atoms with Crippen LogP contribution in [-0.4, -0.2) is 6.10 Å². The Kier molecular flexibility index (Phi) is 5.26.